The zero-order valence-corrected chi connectivity index (χ0v) is 24.2. The Morgan fingerprint density at radius 3 is 1.95 bits per heavy atom. The third-order valence-corrected chi connectivity index (χ3v) is 11.4. The summed E-state index contributed by atoms with van der Waals surface area (Å²) < 4.78 is 7.15. The third kappa shape index (κ3) is 5.35. The van der Waals surface area contributed by atoms with Crippen LogP contribution < -0.4 is 10.6 Å². The van der Waals surface area contributed by atoms with Gasteiger partial charge in [-0.05, 0) is 71.9 Å². The predicted molar refractivity (Wildman–Crippen MR) is 168 cm³/mol. The molecule has 0 radical (unpaired) electrons. The van der Waals surface area contributed by atoms with Crippen molar-refractivity contribution in [1.29, 1.82) is 0 Å². The van der Waals surface area contributed by atoms with Crippen LogP contribution >= 0.6 is 7.92 Å². The molecule has 0 aromatic heterocycles. The molecular weight excluding hydrogens is 491 g/mol. The van der Waals surface area contributed by atoms with E-state index in [4.69, 9.17) is 4.74 Å². The summed E-state index contributed by atoms with van der Waals surface area (Å²) >= 11 is 0. The second-order valence-corrected chi connectivity index (χ2v) is 13.9. The Kier molecular flexibility index (Phi) is 7.71. The summed E-state index contributed by atoms with van der Waals surface area (Å²) in [5.41, 5.74) is 5.51. The van der Waals surface area contributed by atoms with Crippen LogP contribution in [0.2, 0.25) is 0 Å². The minimum atomic E-state index is -0.713. The van der Waals surface area contributed by atoms with E-state index in [9.17, 15) is 0 Å². The molecule has 0 heterocycles. The number of rotatable bonds is 6. The molecule has 1 nitrogen and oxygen atoms in total. The molecule has 6 rings (SSSR count). The van der Waals surface area contributed by atoms with Crippen molar-refractivity contribution in [1.82, 2.24) is 0 Å². The van der Waals surface area contributed by atoms with Crippen molar-refractivity contribution >= 4 is 30.4 Å². The van der Waals surface area contributed by atoms with Crippen LogP contribution in [-0.4, -0.2) is 6.10 Å². The van der Waals surface area contributed by atoms with Crippen LogP contribution in [-0.2, 0) is 4.74 Å². The van der Waals surface area contributed by atoms with Crippen molar-refractivity contribution in [2.24, 2.45) is 17.8 Å². The summed E-state index contributed by atoms with van der Waals surface area (Å²) in [5.74, 6) is 2.96. The van der Waals surface area contributed by atoms with E-state index >= 15 is 0 Å². The zero-order chi connectivity index (χ0) is 26.8. The van der Waals surface area contributed by atoms with Crippen molar-refractivity contribution in [3.63, 3.8) is 0 Å². The number of ether oxygens (including phenoxy) is 1. The Hall–Kier alpha value is -3.15. The molecule has 0 saturated heterocycles. The summed E-state index contributed by atoms with van der Waals surface area (Å²) in [4.78, 5) is 0. The smallest absolute Gasteiger partial charge is 0.127 e. The lowest BCUT2D eigenvalue weighted by atomic mass is 9.75. The second kappa shape index (κ2) is 11.5. The van der Waals surface area contributed by atoms with E-state index in [0.717, 1.165) is 12.2 Å². The van der Waals surface area contributed by atoms with Gasteiger partial charge in [-0.3, -0.25) is 0 Å². The second-order valence-electron chi connectivity index (χ2n) is 11.7. The Morgan fingerprint density at radius 2 is 1.28 bits per heavy atom. The minimum absolute atomic E-state index is 0.223. The van der Waals surface area contributed by atoms with E-state index in [1.165, 1.54) is 45.7 Å². The van der Waals surface area contributed by atoms with Crippen molar-refractivity contribution in [2.45, 2.75) is 51.8 Å². The Balaban J connectivity index is 1.52. The van der Waals surface area contributed by atoms with Crippen LogP contribution in [0, 0.1) is 17.8 Å². The molecule has 4 atom stereocenters. The van der Waals surface area contributed by atoms with Gasteiger partial charge < -0.3 is 4.74 Å². The summed E-state index contributed by atoms with van der Waals surface area (Å²) in [6, 6.07) is 40.3. The van der Waals surface area contributed by atoms with E-state index in [2.05, 4.69) is 136 Å². The number of benzene rings is 4. The van der Waals surface area contributed by atoms with Gasteiger partial charge in [-0.25, -0.2) is 0 Å². The predicted octanol–water partition coefficient (Wildman–Crippen LogP) is 9.20. The van der Waals surface area contributed by atoms with Gasteiger partial charge in [0.25, 0.3) is 0 Å². The average Bonchev–Trinajstić information content (AvgIpc) is 3.09. The van der Waals surface area contributed by atoms with Gasteiger partial charge in [0.1, 0.15) is 11.9 Å². The van der Waals surface area contributed by atoms with Crippen molar-refractivity contribution in [3.05, 3.63) is 131 Å². The fourth-order valence-corrected chi connectivity index (χ4v) is 9.55. The number of hydrogen-bond acceptors (Lipinski definition) is 1. The SMILES string of the molecule is CC1CCC(C(C)C)C(OC2=Cc3ccccc3[C@H](P(c3ccccc3)c3ccccc3)c3ccccc32)C1. The maximum absolute atomic E-state index is 7.15. The van der Waals surface area contributed by atoms with Gasteiger partial charge in [-0.2, -0.15) is 0 Å². The number of fused-ring (bicyclic) bond motifs is 2. The van der Waals surface area contributed by atoms with Gasteiger partial charge in [-0.15, -0.1) is 0 Å². The first-order chi connectivity index (χ1) is 19.1. The lowest BCUT2D eigenvalue weighted by molar-refractivity contribution is 0.0265. The molecule has 4 aromatic rings. The first-order valence-corrected chi connectivity index (χ1v) is 16.0. The third-order valence-electron chi connectivity index (χ3n) is 8.66. The molecule has 3 unspecified atom stereocenters. The normalized spacial score (nSPS) is 22.5. The minimum Gasteiger partial charge on any atom is -0.489 e. The van der Waals surface area contributed by atoms with Crippen LogP contribution in [0.4, 0.5) is 0 Å². The largest absolute Gasteiger partial charge is 0.489 e. The molecule has 0 aliphatic heterocycles. The van der Waals surface area contributed by atoms with Crippen molar-refractivity contribution in [2.75, 3.05) is 0 Å². The zero-order valence-electron chi connectivity index (χ0n) is 23.3. The molecular formula is C37H39OP. The molecule has 2 aliphatic carbocycles. The van der Waals surface area contributed by atoms with Gasteiger partial charge >= 0.3 is 0 Å². The summed E-state index contributed by atoms with van der Waals surface area (Å²) in [6.45, 7) is 7.12. The molecule has 2 heteroatoms. The highest BCUT2D eigenvalue weighted by Gasteiger charge is 2.36. The van der Waals surface area contributed by atoms with Gasteiger partial charge in [0.15, 0.2) is 0 Å². The van der Waals surface area contributed by atoms with Crippen LogP contribution in [0.3, 0.4) is 0 Å². The molecule has 39 heavy (non-hydrogen) atoms. The van der Waals surface area contributed by atoms with E-state index in [0.29, 0.717) is 17.8 Å². The molecule has 0 bridgehead atoms. The maximum Gasteiger partial charge on any atom is 0.127 e. The molecule has 1 saturated carbocycles. The molecule has 1 fully saturated rings. The molecule has 0 spiro atoms. The van der Waals surface area contributed by atoms with E-state index in [-0.39, 0.29) is 11.8 Å². The standard InChI is InChI=1S/C37H39OP/c1-26(2)31-23-22-27(3)24-35(31)38-36-25-28-14-10-11-19-32(28)37(34-21-13-12-20-33(34)36)39(29-15-6-4-7-16-29)30-17-8-5-9-18-30/h4-21,25-27,31,35,37H,22-24H2,1-3H3/t27?,31?,35?,37-/m0/s1. The maximum atomic E-state index is 7.15. The lowest BCUT2D eigenvalue weighted by Crippen LogP contribution is -2.34. The highest BCUT2D eigenvalue weighted by atomic mass is 31.1. The quantitative estimate of drug-likeness (QED) is 0.226. The average molecular weight is 531 g/mol. The highest BCUT2D eigenvalue weighted by Crippen LogP contribution is 2.57. The topological polar surface area (TPSA) is 9.23 Å². The highest BCUT2D eigenvalue weighted by molar-refractivity contribution is 7.73. The van der Waals surface area contributed by atoms with Crippen LogP contribution in [0.15, 0.2) is 109 Å². The Bertz CT molecular complexity index is 1380. The molecule has 198 valence electrons. The Labute approximate surface area is 235 Å². The van der Waals surface area contributed by atoms with Gasteiger partial charge in [0, 0.05) is 11.2 Å². The first kappa shape index (κ1) is 26.1. The van der Waals surface area contributed by atoms with Crippen molar-refractivity contribution < 1.29 is 4.74 Å². The van der Waals surface area contributed by atoms with Gasteiger partial charge in [0.2, 0.25) is 0 Å². The van der Waals surface area contributed by atoms with Crippen LogP contribution in [0.5, 0.6) is 0 Å². The monoisotopic (exact) mass is 530 g/mol. The summed E-state index contributed by atoms with van der Waals surface area (Å²) in [7, 11) is -0.713. The van der Waals surface area contributed by atoms with E-state index < -0.39 is 7.92 Å². The summed E-state index contributed by atoms with van der Waals surface area (Å²) in [5, 5.41) is 2.80. The van der Waals surface area contributed by atoms with Crippen LogP contribution in [0.1, 0.15) is 67.9 Å². The van der Waals surface area contributed by atoms with Gasteiger partial charge in [0.05, 0.1) is 0 Å². The van der Waals surface area contributed by atoms with Gasteiger partial charge in [-0.1, -0.05) is 136 Å². The van der Waals surface area contributed by atoms with Crippen molar-refractivity contribution in [3.8, 4) is 0 Å². The molecule has 0 N–H and O–H groups in total. The number of hydrogen-bond donors (Lipinski definition) is 0. The lowest BCUT2D eigenvalue weighted by Gasteiger charge is -2.38. The van der Waals surface area contributed by atoms with E-state index in [1.54, 1.807) is 0 Å². The van der Waals surface area contributed by atoms with E-state index in [1.807, 2.05) is 0 Å². The fraction of sp³-hybridized carbons (Fsp3) is 0.297. The fourth-order valence-electron chi connectivity index (χ4n) is 6.65. The summed E-state index contributed by atoms with van der Waals surface area (Å²) in [6.07, 6.45) is 6.29. The molecule has 4 aromatic carbocycles. The molecule has 0 amide bonds. The first-order valence-electron chi connectivity index (χ1n) is 14.6. The Morgan fingerprint density at radius 1 is 0.692 bits per heavy atom. The van der Waals surface area contributed by atoms with Crippen LogP contribution in [0.25, 0.3) is 11.8 Å². The molecule has 2 aliphatic rings.